The summed E-state index contributed by atoms with van der Waals surface area (Å²) in [5.41, 5.74) is 1.24. The van der Waals surface area contributed by atoms with Crippen molar-refractivity contribution in [3.05, 3.63) is 28.5 Å². The largest absolute Gasteiger partial charge is 0.396 e. The quantitative estimate of drug-likeness (QED) is 0.863. The lowest BCUT2D eigenvalue weighted by atomic mass is 9.99. The molecule has 0 spiro atoms. The lowest BCUT2D eigenvalue weighted by Crippen LogP contribution is -2.36. The number of halogens is 1. The predicted molar refractivity (Wildman–Crippen MR) is 67.0 cm³/mol. The summed E-state index contributed by atoms with van der Waals surface area (Å²) in [6, 6.07) is 4.07. The van der Waals surface area contributed by atoms with Gasteiger partial charge in [-0.1, -0.05) is 6.07 Å². The molecule has 1 unspecified atom stereocenters. The Balaban J connectivity index is 1.91. The normalized spacial score (nSPS) is 22.2. The molecule has 0 bridgehead atoms. The van der Waals surface area contributed by atoms with Crippen molar-refractivity contribution in [3.63, 3.8) is 0 Å². The van der Waals surface area contributed by atoms with E-state index in [1.807, 2.05) is 12.3 Å². The molecule has 0 aliphatic carbocycles. The molecular formula is C12H17BrN2O. The highest BCUT2D eigenvalue weighted by Crippen LogP contribution is 2.18. The van der Waals surface area contributed by atoms with Crippen LogP contribution in [0.1, 0.15) is 18.4 Å². The number of aliphatic hydroxyl groups is 1. The van der Waals surface area contributed by atoms with E-state index in [2.05, 4.69) is 31.9 Å². The molecule has 1 saturated heterocycles. The Kier molecular flexibility index (Phi) is 4.32. The molecule has 0 radical (unpaired) electrons. The average molecular weight is 285 g/mol. The zero-order valence-corrected chi connectivity index (χ0v) is 10.9. The second-order valence-corrected chi connectivity index (χ2v) is 5.23. The Bertz CT molecular complexity index is 328. The van der Waals surface area contributed by atoms with E-state index in [-0.39, 0.29) is 0 Å². The molecule has 0 amide bonds. The van der Waals surface area contributed by atoms with Crippen LogP contribution in [-0.2, 0) is 6.54 Å². The van der Waals surface area contributed by atoms with E-state index >= 15 is 0 Å². The van der Waals surface area contributed by atoms with Crippen LogP contribution in [0.25, 0.3) is 0 Å². The van der Waals surface area contributed by atoms with E-state index in [0.717, 1.165) is 30.7 Å². The van der Waals surface area contributed by atoms with Gasteiger partial charge < -0.3 is 5.11 Å². The molecule has 1 N–H and O–H groups in total. The standard InChI is InChI=1S/C12H17BrN2O/c13-12-4-3-10(6-14-12)7-15-5-1-2-11(8-15)9-16/h3-4,6,11,16H,1-2,5,7-9H2. The number of pyridine rings is 1. The first-order valence-electron chi connectivity index (χ1n) is 5.71. The van der Waals surface area contributed by atoms with Crippen molar-refractivity contribution in [1.82, 2.24) is 9.88 Å². The van der Waals surface area contributed by atoms with E-state index in [0.29, 0.717) is 12.5 Å². The minimum absolute atomic E-state index is 0.315. The molecule has 1 aliphatic heterocycles. The molecular weight excluding hydrogens is 268 g/mol. The van der Waals surface area contributed by atoms with Crippen molar-refractivity contribution in [2.45, 2.75) is 19.4 Å². The lowest BCUT2D eigenvalue weighted by Gasteiger charge is -2.31. The highest BCUT2D eigenvalue weighted by atomic mass is 79.9. The lowest BCUT2D eigenvalue weighted by molar-refractivity contribution is 0.116. The third kappa shape index (κ3) is 3.27. The number of likely N-dealkylation sites (tertiary alicyclic amines) is 1. The van der Waals surface area contributed by atoms with Gasteiger partial charge in [0.15, 0.2) is 0 Å². The minimum Gasteiger partial charge on any atom is -0.396 e. The maximum Gasteiger partial charge on any atom is 0.106 e. The van der Waals surface area contributed by atoms with Gasteiger partial charge in [0.1, 0.15) is 4.60 Å². The molecule has 1 fully saturated rings. The third-order valence-electron chi connectivity index (χ3n) is 3.06. The Hall–Kier alpha value is -0.450. The number of nitrogens with zero attached hydrogens (tertiary/aromatic N) is 2. The Morgan fingerprint density at radius 3 is 3.06 bits per heavy atom. The summed E-state index contributed by atoms with van der Waals surface area (Å²) in [6.45, 7) is 3.39. The zero-order valence-electron chi connectivity index (χ0n) is 9.27. The van der Waals surface area contributed by atoms with Gasteiger partial charge >= 0.3 is 0 Å². The van der Waals surface area contributed by atoms with Crippen LogP contribution in [0.3, 0.4) is 0 Å². The minimum atomic E-state index is 0.315. The number of aromatic nitrogens is 1. The molecule has 2 rings (SSSR count). The molecule has 0 saturated carbocycles. The highest BCUT2D eigenvalue weighted by molar-refractivity contribution is 9.10. The molecule has 1 aromatic rings. The molecule has 2 heterocycles. The zero-order chi connectivity index (χ0) is 11.4. The Labute approximate surface area is 105 Å². The SMILES string of the molecule is OCC1CCCN(Cc2ccc(Br)nc2)C1. The highest BCUT2D eigenvalue weighted by Gasteiger charge is 2.18. The van der Waals surface area contributed by atoms with Crippen LogP contribution in [0.4, 0.5) is 0 Å². The van der Waals surface area contributed by atoms with Gasteiger partial charge in [-0.25, -0.2) is 4.98 Å². The van der Waals surface area contributed by atoms with Crippen LogP contribution >= 0.6 is 15.9 Å². The van der Waals surface area contributed by atoms with Crippen LogP contribution < -0.4 is 0 Å². The summed E-state index contributed by atoms with van der Waals surface area (Å²) in [5.74, 6) is 0.456. The molecule has 88 valence electrons. The fourth-order valence-corrected chi connectivity index (χ4v) is 2.44. The molecule has 1 aliphatic rings. The maximum atomic E-state index is 9.17. The first-order chi connectivity index (χ1) is 7.78. The smallest absolute Gasteiger partial charge is 0.106 e. The van der Waals surface area contributed by atoms with E-state index < -0.39 is 0 Å². The molecule has 3 nitrogen and oxygen atoms in total. The van der Waals surface area contributed by atoms with Gasteiger partial charge in [0, 0.05) is 25.9 Å². The van der Waals surface area contributed by atoms with Crippen molar-refractivity contribution >= 4 is 15.9 Å². The van der Waals surface area contributed by atoms with E-state index in [1.54, 1.807) is 0 Å². The fraction of sp³-hybridized carbons (Fsp3) is 0.583. The summed E-state index contributed by atoms with van der Waals surface area (Å²) >= 11 is 3.33. The Morgan fingerprint density at radius 1 is 1.50 bits per heavy atom. The Morgan fingerprint density at radius 2 is 2.38 bits per heavy atom. The van der Waals surface area contributed by atoms with E-state index in [4.69, 9.17) is 5.11 Å². The van der Waals surface area contributed by atoms with Crippen LogP contribution in [-0.4, -0.2) is 34.7 Å². The van der Waals surface area contributed by atoms with Gasteiger partial charge in [-0.15, -0.1) is 0 Å². The van der Waals surface area contributed by atoms with Crippen molar-refractivity contribution in [2.24, 2.45) is 5.92 Å². The van der Waals surface area contributed by atoms with Crippen LogP contribution in [0.5, 0.6) is 0 Å². The third-order valence-corrected chi connectivity index (χ3v) is 3.53. The average Bonchev–Trinajstić information content (AvgIpc) is 2.32. The number of hydrogen-bond acceptors (Lipinski definition) is 3. The second kappa shape index (κ2) is 5.75. The predicted octanol–water partition coefficient (Wildman–Crippen LogP) is 2.05. The topological polar surface area (TPSA) is 36.4 Å². The van der Waals surface area contributed by atoms with Gasteiger partial charge in [-0.2, -0.15) is 0 Å². The van der Waals surface area contributed by atoms with Gasteiger partial charge in [0.05, 0.1) is 0 Å². The molecule has 0 aromatic carbocycles. The van der Waals surface area contributed by atoms with Crippen LogP contribution in [0.15, 0.2) is 22.9 Å². The summed E-state index contributed by atoms with van der Waals surface area (Å²) in [5, 5.41) is 9.17. The molecule has 1 aromatic heterocycles. The molecule has 1 atom stereocenters. The number of hydrogen-bond donors (Lipinski definition) is 1. The van der Waals surface area contributed by atoms with E-state index in [1.165, 1.54) is 12.0 Å². The monoisotopic (exact) mass is 284 g/mol. The number of aliphatic hydroxyl groups excluding tert-OH is 1. The number of piperidine rings is 1. The van der Waals surface area contributed by atoms with Gasteiger partial charge in [-0.05, 0) is 52.9 Å². The molecule has 16 heavy (non-hydrogen) atoms. The van der Waals surface area contributed by atoms with Crippen LogP contribution in [0.2, 0.25) is 0 Å². The summed E-state index contributed by atoms with van der Waals surface area (Å²) in [6.07, 6.45) is 4.26. The van der Waals surface area contributed by atoms with Gasteiger partial charge in [-0.3, -0.25) is 4.90 Å². The first-order valence-corrected chi connectivity index (χ1v) is 6.51. The van der Waals surface area contributed by atoms with Crippen molar-refractivity contribution < 1.29 is 5.11 Å². The maximum absolute atomic E-state index is 9.17. The van der Waals surface area contributed by atoms with Crippen molar-refractivity contribution in [2.75, 3.05) is 19.7 Å². The number of rotatable bonds is 3. The first kappa shape index (κ1) is 12.0. The van der Waals surface area contributed by atoms with Gasteiger partial charge in [0.2, 0.25) is 0 Å². The summed E-state index contributed by atoms with van der Waals surface area (Å²) < 4.78 is 0.878. The summed E-state index contributed by atoms with van der Waals surface area (Å²) in [4.78, 5) is 6.62. The van der Waals surface area contributed by atoms with Crippen molar-refractivity contribution in [1.29, 1.82) is 0 Å². The van der Waals surface area contributed by atoms with E-state index in [9.17, 15) is 0 Å². The fourth-order valence-electron chi connectivity index (χ4n) is 2.20. The van der Waals surface area contributed by atoms with Crippen LogP contribution in [0, 0.1) is 5.92 Å². The van der Waals surface area contributed by atoms with Crippen molar-refractivity contribution in [3.8, 4) is 0 Å². The van der Waals surface area contributed by atoms with Gasteiger partial charge in [0.25, 0.3) is 0 Å². The second-order valence-electron chi connectivity index (χ2n) is 4.42. The summed E-state index contributed by atoms with van der Waals surface area (Å²) in [7, 11) is 0. The molecule has 4 heteroatoms.